The molecule has 4 N–H and O–H groups in total. The van der Waals surface area contributed by atoms with Crippen molar-refractivity contribution in [2.24, 2.45) is 0 Å². The molecule has 2 unspecified atom stereocenters. The number of hydrogen-bond acceptors (Lipinski definition) is 10. The highest BCUT2D eigenvalue weighted by Gasteiger charge is 2.44. The Morgan fingerprint density at radius 2 is 1.00 bits per heavy atom. The molecular weight excluding hydrogens is 712 g/mol. The van der Waals surface area contributed by atoms with E-state index in [9.17, 15) is 30.0 Å². The lowest BCUT2D eigenvalue weighted by Crippen LogP contribution is -2.59. The van der Waals surface area contributed by atoms with Gasteiger partial charge in [0, 0.05) is 12.8 Å². The van der Waals surface area contributed by atoms with Gasteiger partial charge in [0.25, 0.3) is 0 Å². The van der Waals surface area contributed by atoms with Crippen molar-refractivity contribution in [1.82, 2.24) is 0 Å². The van der Waals surface area contributed by atoms with Gasteiger partial charge in [0.2, 0.25) is 0 Å². The Bertz CT molecular complexity index is 970. The van der Waals surface area contributed by atoms with Crippen LogP contribution in [0.25, 0.3) is 0 Å². The van der Waals surface area contributed by atoms with E-state index in [0.29, 0.717) is 6.42 Å². The highest BCUT2D eigenvalue weighted by atomic mass is 16.7. The van der Waals surface area contributed by atoms with E-state index in [-0.39, 0.29) is 32.0 Å². The number of rotatable bonds is 38. The lowest BCUT2D eigenvalue weighted by molar-refractivity contribution is -0.305. The number of unbranched alkanes of at least 4 members (excludes halogenated alkanes) is 23. The predicted octanol–water partition coefficient (Wildman–Crippen LogP) is 9.72. The fraction of sp³-hybridized carbons (Fsp3) is 0.870. The molecule has 0 aromatic rings. The lowest BCUT2D eigenvalue weighted by atomic mass is 9.99. The molecule has 10 nitrogen and oxygen atoms in total. The van der Waals surface area contributed by atoms with E-state index in [1.54, 1.807) is 0 Å². The summed E-state index contributed by atoms with van der Waals surface area (Å²) < 4.78 is 22.2. The summed E-state index contributed by atoms with van der Waals surface area (Å²) in [6.07, 6.45) is 33.2. The van der Waals surface area contributed by atoms with Gasteiger partial charge in [-0.25, -0.2) is 0 Å². The molecule has 1 heterocycles. The molecule has 0 aliphatic carbocycles. The zero-order chi connectivity index (χ0) is 40.9. The molecule has 0 bridgehead atoms. The molecule has 1 aliphatic heterocycles. The van der Waals surface area contributed by atoms with E-state index in [0.717, 1.165) is 57.8 Å². The summed E-state index contributed by atoms with van der Waals surface area (Å²) in [5.74, 6) is -0.815. The molecule has 1 fully saturated rings. The van der Waals surface area contributed by atoms with E-state index in [1.807, 2.05) is 0 Å². The SMILES string of the molecule is CCCCC/C=C/C/C=C/CCCCCCCC(=O)O[C@@H](COC(=O)CCCCCCCCCCCCCCCCCC)CO[C@H]1O[C@@H](CO)[C@@H](O)C(O)C1O. The summed E-state index contributed by atoms with van der Waals surface area (Å²) in [5, 5.41) is 40.1. The van der Waals surface area contributed by atoms with Crippen molar-refractivity contribution in [2.45, 2.75) is 237 Å². The molecule has 6 atom stereocenters. The number of esters is 2. The summed E-state index contributed by atoms with van der Waals surface area (Å²) in [4.78, 5) is 25.3. The van der Waals surface area contributed by atoms with Crippen molar-refractivity contribution < 1.29 is 49.0 Å². The predicted molar refractivity (Wildman–Crippen MR) is 224 cm³/mol. The summed E-state index contributed by atoms with van der Waals surface area (Å²) in [7, 11) is 0. The number of aliphatic hydroxyl groups is 4. The smallest absolute Gasteiger partial charge is 0.306 e. The second-order valence-corrected chi connectivity index (χ2v) is 15.9. The van der Waals surface area contributed by atoms with Crippen LogP contribution in [0.5, 0.6) is 0 Å². The van der Waals surface area contributed by atoms with Crippen LogP contribution in [0.1, 0.15) is 200 Å². The summed E-state index contributed by atoms with van der Waals surface area (Å²) >= 11 is 0. The minimum Gasteiger partial charge on any atom is -0.462 e. The molecule has 0 aromatic heterocycles. The highest BCUT2D eigenvalue weighted by Crippen LogP contribution is 2.23. The van der Waals surface area contributed by atoms with Gasteiger partial charge in [-0.15, -0.1) is 0 Å². The molecule has 0 aromatic carbocycles. The Morgan fingerprint density at radius 3 is 1.52 bits per heavy atom. The Morgan fingerprint density at radius 1 is 0.554 bits per heavy atom. The number of aliphatic hydroxyl groups excluding tert-OH is 4. The van der Waals surface area contributed by atoms with Gasteiger partial charge in [-0.3, -0.25) is 9.59 Å². The molecule has 1 rings (SSSR count). The van der Waals surface area contributed by atoms with Gasteiger partial charge in [-0.05, 0) is 44.9 Å². The summed E-state index contributed by atoms with van der Waals surface area (Å²) in [6.45, 7) is 3.40. The first-order valence-electron chi connectivity index (χ1n) is 22.9. The van der Waals surface area contributed by atoms with Crippen LogP contribution < -0.4 is 0 Å². The maximum absolute atomic E-state index is 12.8. The Hall–Kier alpha value is -1.82. The Balaban J connectivity index is 2.32. The second kappa shape index (κ2) is 37.5. The highest BCUT2D eigenvalue weighted by molar-refractivity contribution is 5.70. The van der Waals surface area contributed by atoms with Gasteiger partial charge in [-0.1, -0.05) is 167 Å². The van der Waals surface area contributed by atoms with E-state index >= 15 is 0 Å². The van der Waals surface area contributed by atoms with Crippen molar-refractivity contribution in [3.63, 3.8) is 0 Å². The maximum Gasteiger partial charge on any atom is 0.306 e. The first-order chi connectivity index (χ1) is 27.3. The molecule has 56 heavy (non-hydrogen) atoms. The van der Waals surface area contributed by atoms with Gasteiger partial charge in [-0.2, -0.15) is 0 Å². The Kier molecular flexibility index (Phi) is 34.9. The number of allylic oxidation sites excluding steroid dienone is 4. The van der Waals surface area contributed by atoms with Crippen LogP contribution in [-0.2, 0) is 28.5 Å². The summed E-state index contributed by atoms with van der Waals surface area (Å²) in [6, 6.07) is 0. The van der Waals surface area contributed by atoms with Crippen molar-refractivity contribution >= 4 is 11.9 Å². The van der Waals surface area contributed by atoms with Crippen LogP contribution >= 0.6 is 0 Å². The fourth-order valence-electron chi connectivity index (χ4n) is 6.92. The number of ether oxygens (including phenoxy) is 4. The van der Waals surface area contributed by atoms with E-state index < -0.39 is 49.4 Å². The number of carbonyl (C=O) groups excluding carboxylic acids is 2. The maximum atomic E-state index is 12.8. The van der Waals surface area contributed by atoms with Crippen LogP contribution in [0.15, 0.2) is 24.3 Å². The van der Waals surface area contributed by atoms with Crippen LogP contribution in [0, 0.1) is 0 Å². The fourth-order valence-corrected chi connectivity index (χ4v) is 6.92. The van der Waals surface area contributed by atoms with E-state index in [1.165, 1.54) is 109 Å². The third-order valence-corrected chi connectivity index (χ3v) is 10.6. The summed E-state index contributed by atoms with van der Waals surface area (Å²) in [5.41, 5.74) is 0. The molecule has 328 valence electrons. The minimum atomic E-state index is -1.59. The first-order valence-corrected chi connectivity index (χ1v) is 22.9. The van der Waals surface area contributed by atoms with Gasteiger partial charge in [0.1, 0.15) is 31.0 Å². The van der Waals surface area contributed by atoms with Crippen molar-refractivity contribution in [3.05, 3.63) is 24.3 Å². The van der Waals surface area contributed by atoms with Gasteiger partial charge >= 0.3 is 11.9 Å². The number of carbonyl (C=O) groups is 2. The Labute approximate surface area is 341 Å². The minimum absolute atomic E-state index is 0.216. The third-order valence-electron chi connectivity index (χ3n) is 10.6. The number of hydrogen-bond donors (Lipinski definition) is 4. The monoisotopic (exact) mass is 797 g/mol. The van der Waals surface area contributed by atoms with Crippen molar-refractivity contribution in [3.8, 4) is 0 Å². The van der Waals surface area contributed by atoms with Gasteiger partial charge in [0.05, 0.1) is 13.2 Å². The molecular formula is C46H84O10. The lowest BCUT2D eigenvalue weighted by Gasteiger charge is -2.39. The zero-order valence-electron chi connectivity index (χ0n) is 35.6. The quantitative estimate of drug-likeness (QED) is 0.0270. The molecule has 1 aliphatic rings. The van der Waals surface area contributed by atoms with Crippen LogP contribution in [-0.4, -0.2) is 89.0 Å². The average Bonchev–Trinajstić information content (AvgIpc) is 3.19. The van der Waals surface area contributed by atoms with Crippen LogP contribution in [0.2, 0.25) is 0 Å². The van der Waals surface area contributed by atoms with E-state index in [2.05, 4.69) is 38.2 Å². The molecule has 0 saturated carbocycles. The first kappa shape index (κ1) is 52.2. The normalized spacial score (nSPS) is 20.6. The molecule has 0 radical (unpaired) electrons. The zero-order valence-corrected chi connectivity index (χ0v) is 35.6. The standard InChI is InChI=1S/C46H84O10/c1-3-5-7-9-11-13-15-17-19-21-22-24-26-28-30-32-34-41(48)53-37-39(38-54-46-45(52)44(51)43(50)40(36-47)56-46)55-42(49)35-33-31-29-27-25-23-20-18-16-14-12-10-8-6-4-2/h12,14,18,20,39-40,43-47,50-52H,3-11,13,15-17,19,21-38H2,1-2H3/b14-12+,20-18+/t39-,40-,43+,44?,45?,46-/m0/s1. The van der Waals surface area contributed by atoms with Gasteiger partial charge in [0.15, 0.2) is 12.4 Å². The van der Waals surface area contributed by atoms with E-state index in [4.69, 9.17) is 18.9 Å². The van der Waals surface area contributed by atoms with Crippen molar-refractivity contribution in [1.29, 1.82) is 0 Å². The molecule has 1 saturated heterocycles. The van der Waals surface area contributed by atoms with Gasteiger partial charge < -0.3 is 39.4 Å². The van der Waals surface area contributed by atoms with Crippen LogP contribution in [0.3, 0.4) is 0 Å². The van der Waals surface area contributed by atoms with Crippen molar-refractivity contribution in [2.75, 3.05) is 19.8 Å². The molecule has 0 spiro atoms. The van der Waals surface area contributed by atoms with Crippen LogP contribution in [0.4, 0.5) is 0 Å². The third kappa shape index (κ3) is 28.6. The average molecular weight is 797 g/mol. The largest absolute Gasteiger partial charge is 0.462 e. The molecule has 10 heteroatoms. The topological polar surface area (TPSA) is 152 Å². The second-order valence-electron chi connectivity index (χ2n) is 15.9. The molecule has 0 amide bonds.